The van der Waals surface area contributed by atoms with E-state index in [2.05, 4.69) is 160 Å². The van der Waals surface area contributed by atoms with Crippen LogP contribution in [-0.4, -0.2) is 35.0 Å². The Bertz CT molecular complexity index is 3420. The van der Waals surface area contributed by atoms with Crippen LogP contribution in [0.4, 0.5) is 11.4 Å². The Morgan fingerprint density at radius 2 is 1.27 bits per heavy atom. The summed E-state index contributed by atoms with van der Waals surface area (Å²) in [5, 5.41) is 24.4. The predicted molar refractivity (Wildman–Crippen MR) is 286 cm³/mol. The molecular weight excluding hydrogens is 1060 g/mol. The predicted octanol–water partition coefficient (Wildman–Crippen LogP) is 15.0. The maximum Gasteiger partial charge on any atom is 3.00 e. The standard InChI is InChI=1S/C46H35N3O.C15H16NO2Si.Ir/c1-46(2,3)41-27-28-48-30-42(41)49(37-24-21-34(22-25-37)32-13-8-5-9-14-32)45(47)40-16-10-15-39-38-26-23-36(29-43(38)50-44(39)40)35-19-17-33(18-20-35)31-11-6-4-7-12-31;1-19(2,3)13-8-9-14(16-10-13)11-4-6-12(7-5-11)15(17)18;/h4-15,17-30H,1-3H3;4,6-10H,1-3H3,(H,17,18);/q-2;-1;+3. The number of hydrogen-bond acceptors (Lipinski definition) is 4. The molecule has 9 heteroatoms. The van der Waals surface area contributed by atoms with Crippen molar-refractivity contribution in [1.82, 2.24) is 9.97 Å². The molecule has 7 aromatic carbocycles. The summed E-state index contributed by atoms with van der Waals surface area (Å²) in [5.74, 6) is -0.929. The van der Waals surface area contributed by atoms with Crippen LogP contribution in [0, 0.1) is 12.1 Å². The van der Waals surface area contributed by atoms with Crippen LogP contribution in [0.2, 0.25) is 19.6 Å². The van der Waals surface area contributed by atoms with Crippen molar-refractivity contribution in [1.29, 1.82) is 0 Å². The van der Waals surface area contributed by atoms with E-state index >= 15 is 0 Å². The molecule has 0 fully saturated rings. The number of anilines is 2. The summed E-state index contributed by atoms with van der Waals surface area (Å²) in [6, 6.07) is 64.8. The number of aromatic nitrogens is 2. The van der Waals surface area contributed by atoms with Crippen LogP contribution in [0.3, 0.4) is 0 Å². The van der Waals surface area contributed by atoms with Crippen molar-refractivity contribution in [2.24, 2.45) is 0 Å². The first kappa shape index (κ1) is 48.9. The van der Waals surface area contributed by atoms with Crippen LogP contribution in [0.1, 0.15) is 42.3 Å². The molecule has 0 aliphatic carbocycles. The monoisotopic (exact) mass is 1110 g/mol. The van der Waals surface area contributed by atoms with Gasteiger partial charge in [0, 0.05) is 29.6 Å². The average molecular weight is 1110 g/mol. The van der Waals surface area contributed by atoms with E-state index in [1.807, 2.05) is 78.0 Å². The molecule has 3 heterocycles. The maximum atomic E-state index is 12.4. The number of carboxylic acids is 1. The van der Waals surface area contributed by atoms with E-state index in [4.69, 9.17) is 9.52 Å². The molecule has 10 rings (SSSR count). The smallest absolute Gasteiger partial charge is 0.520 e. The molecule has 0 spiro atoms. The first-order valence-electron chi connectivity index (χ1n) is 22.9. The van der Waals surface area contributed by atoms with Gasteiger partial charge in [-0.1, -0.05) is 179 Å². The van der Waals surface area contributed by atoms with Gasteiger partial charge in [0.2, 0.25) is 0 Å². The molecule has 0 bridgehead atoms. The van der Waals surface area contributed by atoms with Crippen LogP contribution in [0.25, 0.3) is 72.0 Å². The molecular formula is C61H51IrN4O3Si. The Morgan fingerprint density at radius 1 is 0.671 bits per heavy atom. The summed E-state index contributed by atoms with van der Waals surface area (Å²) in [4.78, 5) is 21.6. The molecule has 0 aliphatic rings. The molecule has 346 valence electrons. The number of carboxylic acid groups (broad SMARTS) is 1. The van der Waals surface area contributed by atoms with Crippen molar-refractivity contribution in [2.45, 2.75) is 45.8 Å². The van der Waals surface area contributed by atoms with Crippen LogP contribution < -0.4 is 10.1 Å². The first-order valence-corrected chi connectivity index (χ1v) is 26.4. The van der Waals surface area contributed by atoms with E-state index < -0.39 is 14.0 Å². The van der Waals surface area contributed by atoms with Crippen molar-refractivity contribution in [3.63, 3.8) is 0 Å². The zero-order valence-corrected chi connectivity index (χ0v) is 43.3. The van der Waals surface area contributed by atoms with Gasteiger partial charge in [0.05, 0.1) is 8.07 Å². The van der Waals surface area contributed by atoms with Gasteiger partial charge in [0.25, 0.3) is 5.97 Å². The fraction of sp³-hybridized carbons (Fsp3) is 0.115. The Hall–Kier alpha value is -7.55. The van der Waals surface area contributed by atoms with Crippen LogP contribution in [0.5, 0.6) is 0 Å². The molecule has 1 N–H and O–H groups in total. The van der Waals surface area contributed by atoms with E-state index in [0.29, 0.717) is 11.1 Å². The summed E-state index contributed by atoms with van der Waals surface area (Å²) < 4.78 is 6.60. The summed E-state index contributed by atoms with van der Waals surface area (Å²) in [6.45, 7) is 13.3. The second-order valence-electron chi connectivity index (χ2n) is 19.0. The third-order valence-corrected chi connectivity index (χ3v) is 14.3. The number of rotatable bonds is 9. The molecule has 0 radical (unpaired) electrons. The number of aromatic carboxylic acids is 1. The van der Waals surface area contributed by atoms with Crippen molar-refractivity contribution in [3.8, 4) is 44.6 Å². The molecule has 0 amide bonds. The number of fused-ring (bicyclic) bond motifs is 3. The largest absolute Gasteiger partial charge is 3.00 e. The number of benzene rings is 7. The van der Waals surface area contributed by atoms with Crippen LogP contribution >= 0.6 is 0 Å². The molecule has 10 aromatic rings. The van der Waals surface area contributed by atoms with E-state index in [1.54, 1.807) is 18.3 Å². The molecule has 0 aliphatic heterocycles. The zero-order valence-electron chi connectivity index (χ0n) is 39.9. The van der Waals surface area contributed by atoms with Crippen LogP contribution in [0.15, 0.2) is 199 Å². The zero-order chi connectivity index (χ0) is 48.3. The molecule has 0 atom stereocenters. The summed E-state index contributed by atoms with van der Waals surface area (Å²) in [5.41, 5.74) is 12.8. The third kappa shape index (κ3) is 10.5. The minimum Gasteiger partial charge on any atom is -0.520 e. The first-order chi connectivity index (χ1) is 33.2. The normalized spacial score (nSPS) is 11.3. The van der Waals surface area contributed by atoms with Gasteiger partial charge in [0.15, 0.2) is 0 Å². The average Bonchev–Trinajstić information content (AvgIpc) is 3.75. The van der Waals surface area contributed by atoms with Crippen LogP contribution in [-0.2, 0) is 25.5 Å². The number of nitrogens with zero attached hydrogens (tertiary/aromatic N) is 4. The van der Waals surface area contributed by atoms with E-state index in [0.717, 1.165) is 66.8 Å². The van der Waals surface area contributed by atoms with Gasteiger partial charge >= 0.3 is 20.1 Å². The van der Waals surface area contributed by atoms with E-state index in [1.165, 1.54) is 22.4 Å². The van der Waals surface area contributed by atoms with E-state index in [9.17, 15) is 10.2 Å². The van der Waals surface area contributed by atoms with E-state index in [-0.39, 0.29) is 36.9 Å². The van der Waals surface area contributed by atoms with Gasteiger partial charge in [-0.05, 0) is 84.3 Å². The number of furan rings is 1. The van der Waals surface area contributed by atoms with Crippen molar-refractivity contribution < 1.29 is 34.4 Å². The Labute approximate surface area is 424 Å². The van der Waals surface area contributed by atoms with Gasteiger partial charge in [0.1, 0.15) is 5.58 Å². The molecule has 7 nitrogen and oxygen atoms in total. The summed E-state index contributed by atoms with van der Waals surface area (Å²) in [6.07, 6.45) is 5.53. The van der Waals surface area contributed by atoms with Crippen molar-refractivity contribution in [2.75, 3.05) is 4.90 Å². The SMILES string of the molecule is CC(C)(C)c1ccncc1N(C(=[N-])c1[c-]ccc2c1oc1cc(-c3ccc(-c4ccccc4)cc3)ccc12)c1ccc(-c2ccccc2)cc1.C[Si](C)(C)c1ccc(-c2[c-]cc(C(=O)O)cc2)nc1.[Ir+3]. The van der Waals surface area contributed by atoms with Crippen molar-refractivity contribution >= 4 is 58.4 Å². The van der Waals surface area contributed by atoms with Gasteiger partial charge in [-0.3, -0.25) is 9.78 Å². The minimum atomic E-state index is -1.33. The fourth-order valence-corrected chi connectivity index (χ4v) is 9.44. The molecule has 0 unspecified atom stereocenters. The van der Waals surface area contributed by atoms with Gasteiger partial charge in [-0.15, -0.1) is 59.4 Å². The topological polar surface area (TPSA) is 102 Å². The second kappa shape index (κ2) is 20.6. The maximum absolute atomic E-state index is 12.4. The summed E-state index contributed by atoms with van der Waals surface area (Å²) in [7, 11) is -1.33. The Kier molecular flexibility index (Phi) is 14.4. The van der Waals surface area contributed by atoms with Gasteiger partial charge in [-0.25, -0.2) is 0 Å². The number of pyridine rings is 2. The minimum absolute atomic E-state index is 0. The summed E-state index contributed by atoms with van der Waals surface area (Å²) >= 11 is 0. The molecule has 0 saturated heterocycles. The fourth-order valence-electron chi connectivity index (χ4n) is 8.41. The number of carbonyl (C=O) groups is 1. The second-order valence-corrected chi connectivity index (χ2v) is 24.1. The number of amidine groups is 1. The third-order valence-electron chi connectivity index (χ3n) is 12.2. The molecule has 3 aromatic heterocycles. The Balaban J connectivity index is 0.000000277. The Morgan fingerprint density at radius 3 is 1.83 bits per heavy atom. The van der Waals surface area contributed by atoms with Gasteiger partial charge < -0.3 is 24.8 Å². The molecule has 0 saturated carbocycles. The van der Waals surface area contributed by atoms with Crippen molar-refractivity contribution in [3.05, 3.63) is 229 Å². The van der Waals surface area contributed by atoms with Gasteiger partial charge in [-0.2, -0.15) is 0 Å². The quantitative estimate of drug-likeness (QED) is 0.0669. The number of hydrogen-bond donors (Lipinski definition) is 1. The molecule has 70 heavy (non-hydrogen) atoms.